The first kappa shape index (κ1) is 16.0. The predicted molar refractivity (Wildman–Crippen MR) is 82.9 cm³/mol. The lowest BCUT2D eigenvalue weighted by atomic mass is 10.2. The summed E-state index contributed by atoms with van der Waals surface area (Å²) in [6, 6.07) is 9.39. The van der Waals surface area contributed by atoms with Crippen LogP contribution in [0.5, 0.6) is 5.75 Å². The third-order valence-corrected chi connectivity index (χ3v) is 3.14. The van der Waals surface area contributed by atoms with Crippen LogP contribution in [0, 0.1) is 6.92 Å². The largest absolute Gasteiger partial charge is 0.491 e. The van der Waals surface area contributed by atoms with Gasteiger partial charge in [0.15, 0.2) is 0 Å². The lowest BCUT2D eigenvalue weighted by Crippen LogP contribution is -2.25. The first-order valence-corrected chi connectivity index (χ1v) is 7.09. The summed E-state index contributed by atoms with van der Waals surface area (Å²) in [5.74, 6) is 0.619. The number of aryl methyl sites for hydroxylation is 2. The van der Waals surface area contributed by atoms with Crippen molar-refractivity contribution in [1.82, 2.24) is 15.1 Å². The quantitative estimate of drug-likeness (QED) is 0.790. The highest BCUT2D eigenvalue weighted by Crippen LogP contribution is 2.13. The summed E-state index contributed by atoms with van der Waals surface area (Å²) < 4.78 is 12.1. The maximum absolute atomic E-state index is 12.1. The van der Waals surface area contributed by atoms with Crippen LogP contribution in [0.2, 0.25) is 0 Å². The Morgan fingerprint density at radius 2 is 2.14 bits per heavy atom. The molecule has 2 aromatic rings. The summed E-state index contributed by atoms with van der Waals surface area (Å²) >= 11 is 0. The zero-order valence-corrected chi connectivity index (χ0v) is 13.1. The molecule has 1 amide bonds. The highest BCUT2D eigenvalue weighted by molar-refractivity contribution is 5.92. The van der Waals surface area contributed by atoms with Gasteiger partial charge in [0.2, 0.25) is 0 Å². The van der Waals surface area contributed by atoms with E-state index in [4.69, 9.17) is 9.47 Å². The average molecular weight is 303 g/mol. The summed E-state index contributed by atoms with van der Waals surface area (Å²) in [5, 5.41) is 7.05. The van der Waals surface area contributed by atoms with E-state index in [2.05, 4.69) is 10.4 Å². The molecule has 0 fully saturated rings. The number of hydrogen-bond donors (Lipinski definition) is 1. The van der Waals surface area contributed by atoms with Crippen molar-refractivity contribution in [3.8, 4) is 5.75 Å². The van der Waals surface area contributed by atoms with Crippen LogP contribution in [0.15, 0.2) is 30.3 Å². The molecule has 1 heterocycles. The number of nitrogens with one attached hydrogen (secondary N) is 1. The van der Waals surface area contributed by atoms with Crippen molar-refractivity contribution >= 4 is 5.91 Å². The third kappa shape index (κ3) is 4.33. The molecule has 1 aromatic heterocycles. The van der Waals surface area contributed by atoms with Crippen molar-refractivity contribution in [2.45, 2.75) is 13.5 Å². The van der Waals surface area contributed by atoms with Crippen LogP contribution in [0.25, 0.3) is 0 Å². The molecule has 0 unspecified atom stereocenters. The zero-order valence-electron chi connectivity index (χ0n) is 13.1. The maximum atomic E-state index is 12.1. The number of hydrogen-bond acceptors (Lipinski definition) is 4. The van der Waals surface area contributed by atoms with Gasteiger partial charge in [0.05, 0.1) is 12.3 Å². The summed E-state index contributed by atoms with van der Waals surface area (Å²) in [5.41, 5.74) is 2.34. The molecule has 0 atom stereocenters. The van der Waals surface area contributed by atoms with Crippen molar-refractivity contribution in [3.05, 3.63) is 47.3 Å². The van der Waals surface area contributed by atoms with E-state index in [1.54, 1.807) is 24.9 Å². The summed E-state index contributed by atoms with van der Waals surface area (Å²) in [6.07, 6.45) is 0. The van der Waals surface area contributed by atoms with Gasteiger partial charge in [-0.25, -0.2) is 0 Å². The van der Waals surface area contributed by atoms with Crippen LogP contribution in [0.3, 0.4) is 0 Å². The molecule has 1 N–H and O–H groups in total. The second-order valence-electron chi connectivity index (χ2n) is 4.97. The average Bonchev–Trinajstić information content (AvgIpc) is 2.84. The van der Waals surface area contributed by atoms with Crippen molar-refractivity contribution in [3.63, 3.8) is 0 Å². The Hall–Kier alpha value is -2.34. The molecule has 6 nitrogen and oxygen atoms in total. The maximum Gasteiger partial charge on any atom is 0.269 e. The molecule has 2 rings (SSSR count). The minimum Gasteiger partial charge on any atom is -0.491 e. The van der Waals surface area contributed by atoms with Gasteiger partial charge in [0.25, 0.3) is 5.91 Å². The SMILES string of the molecule is COCCOc1cccc(CNC(=O)c2cc(C)nn2C)c1. The molecule has 0 spiro atoms. The van der Waals surface area contributed by atoms with Gasteiger partial charge in [-0.2, -0.15) is 5.10 Å². The molecule has 118 valence electrons. The van der Waals surface area contributed by atoms with Crippen molar-refractivity contribution in [2.75, 3.05) is 20.3 Å². The lowest BCUT2D eigenvalue weighted by molar-refractivity contribution is 0.0941. The van der Waals surface area contributed by atoms with E-state index in [1.165, 1.54) is 0 Å². The highest BCUT2D eigenvalue weighted by Gasteiger charge is 2.11. The van der Waals surface area contributed by atoms with Crippen LogP contribution < -0.4 is 10.1 Å². The molecule has 0 saturated heterocycles. The highest BCUT2D eigenvalue weighted by atomic mass is 16.5. The molecule has 6 heteroatoms. The molecule has 0 aliphatic carbocycles. The summed E-state index contributed by atoms with van der Waals surface area (Å²) in [7, 11) is 3.39. The Morgan fingerprint density at radius 3 is 2.82 bits per heavy atom. The molecule has 0 bridgehead atoms. The molecule has 0 aliphatic heterocycles. The van der Waals surface area contributed by atoms with Crippen LogP contribution in [-0.2, 0) is 18.3 Å². The smallest absolute Gasteiger partial charge is 0.269 e. The van der Waals surface area contributed by atoms with Gasteiger partial charge >= 0.3 is 0 Å². The topological polar surface area (TPSA) is 65.4 Å². The van der Waals surface area contributed by atoms with E-state index in [0.717, 1.165) is 17.0 Å². The summed E-state index contributed by atoms with van der Waals surface area (Å²) in [4.78, 5) is 12.1. The Morgan fingerprint density at radius 1 is 1.32 bits per heavy atom. The number of aromatic nitrogens is 2. The van der Waals surface area contributed by atoms with Gasteiger partial charge in [0.1, 0.15) is 18.1 Å². The second-order valence-corrected chi connectivity index (χ2v) is 4.97. The molecule has 0 radical (unpaired) electrons. The Bertz CT molecular complexity index is 637. The normalized spacial score (nSPS) is 10.5. The van der Waals surface area contributed by atoms with Gasteiger partial charge in [-0.3, -0.25) is 9.48 Å². The minimum absolute atomic E-state index is 0.145. The zero-order chi connectivity index (χ0) is 15.9. The van der Waals surface area contributed by atoms with Crippen LogP contribution in [0.4, 0.5) is 0 Å². The van der Waals surface area contributed by atoms with Crippen molar-refractivity contribution < 1.29 is 14.3 Å². The third-order valence-electron chi connectivity index (χ3n) is 3.14. The van der Waals surface area contributed by atoms with Gasteiger partial charge < -0.3 is 14.8 Å². The molecule has 0 aliphatic rings. The van der Waals surface area contributed by atoms with E-state index in [-0.39, 0.29) is 5.91 Å². The van der Waals surface area contributed by atoms with Crippen LogP contribution >= 0.6 is 0 Å². The van der Waals surface area contributed by atoms with E-state index < -0.39 is 0 Å². The number of ether oxygens (including phenoxy) is 2. The van der Waals surface area contributed by atoms with Crippen molar-refractivity contribution in [1.29, 1.82) is 0 Å². The first-order chi connectivity index (χ1) is 10.6. The fourth-order valence-corrected chi connectivity index (χ4v) is 2.08. The number of amides is 1. The van der Waals surface area contributed by atoms with Gasteiger partial charge in [0, 0.05) is 20.7 Å². The number of methoxy groups -OCH3 is 1. The van der Waals surface area contributed by atoms with E-state index in [9.17, 15) is 4.79 Å². The Labute approximate surface area is 130 Å². The molecular weight excluding hydrogens is 282 g/mol. The number of carbonyl (C=O) groups excluding carboxylic acids is 1. The molecule has 0 saturated carbocycles. The number of carbonyl (C=O) groups is 1. The number of benzene rings is 1. The number of nitrogens with zero attached hydrogens (tertiary/aromatic N) is 2. The van der Waals surface area contributed by atoms with Crippen LogP contribution in [0.1, 0.15) is 21.7 Å². The van der Waals surface area contributed by atoms with Gasteiger partial charge in [-0.15, -0.1) is 0 Å². The predicted octanol–water partition coefficient (Wildman–Crippen LogP) is 1.68. The Balaban J connectivity index is 1.92. The first-order valence-electron chi connectivity index (χ1n) is 7.09. The Kier molecular flexibility index (Phi) is 5.55. The van der Waals surface area contributed by atoms with E-state index in [1.807, 2.05) is 31.2 Å². The fraction of sp³-hybridized carbons (Fsp3) is 0.375. The molecule has 22 heavy (non-hydrogen) atoms. The molecule has 1 aromatic carbocycles. The monoisotopic (exact) mass is 303 g/mol. The summed E-state index contributed by atoms with van der Waals surface area (Å²) in [6.45, 7) is 3.34. The minimum atomic E-state index is -0.145. The van der Waals surface area contributed by atoms with Crippen LogP contribution in [-0.4, -0.2) is 36.0 Å². The van der Waals surface area contributed by atoms with Crippen molar-refractivity contribution in [2.24, 2.45) is 7.05 Å². The number of rotatable bonds is 7. The lowest BCUT2D eigenvalue weighted by Gasteiger charge is -2.09. The van der Waals surface area contributed by atoms with Gasteiger partial charge in [-0.05, 0) is 30.7 Å². The fourth-order valence-electron chi connectivity index (χ4n) is 2.08. The van der Waals surface area contributed by atoms with E-state index in [0.29, 0.717) is 25.5 Å². The molecular formula is C16H21N3O3. The standard InChI is InChI=1S/C16H21N3O3/c1-12-9-15(19(2)18-12)16(20)17-11-13-5-4-6-14(10-13)22-8-7-21-3/h4-6,9-10H,7-8,11H2,1-3H3,(H,17,20). The van der Waals surface area contributed by atoms with Gasteiger partial charge in [-0.1, -0.05) is 12.1 Å². The second kappa shape index (κ2) is 7.61. The van der Waals surface area contributed by atoms with E-state index >= 15 is 0 Å².